The van der Waals surface area contributed by atoms with Crippen LogP contribution in [0.4, 0.5) is 13.2 Å². The van der Waals surface area contributed by atoms with Crippen LogP contribution in [0, 0.1) is 0 Å². The highest BCUT2D eigenvalue weighted by atomic mass is 79.9. The molecule has 1 aliphatic rings. The molecule has 94 valence electrons. The van der Waals surface area contributed by atoms with Gasteiger partial charge in [0.1, 0.15) is 0 Å². The molecule has 2 rings (SSSR count). The second-order valence-electron chi connectivity index (χ2n) is 4.26. The van der Waals surface area contributed by atoms with E-state index in [2.05, 4.69) is 21.2 Å². The van der Waals surface area contributed by atoms with E-state index in [1.807, 2.05) is 0 Å². The third-order valence-corrected chi connectivity index (χ3v) is 3.78. The van der Waals surface area contributed by atoms with Crippen molar-refractivity contribution in [2.75, 3.05) is 6.54 Å². The summed E-state index contributed by atoms with van der Waals surface area (Å²) in [5.74, 6) is 0. The minimum Gasteiger partial charge on any atom is -0.314 e. The molecule has 1 nitrogen and oxygen atoms in total. The van der Waals surface area contributed by atoms with Crippen LogP contribution in [-0.2, 0) is 12.6 Å². The van der Waals surface area contributed by atoms with Gasteiger partial charge < -0.3 is 5.32 Å². The standard InChI is InChI=1S/C12H13BrF3N/c13-11-5-1-4-10(12(14,15)16)9(11)7-8-3-2-6-17-8/h1,4-5,8,17H,2-3,6-7H2. The van der Waals surface area contributed by atoms with Gasteiger partial charge in [0.05, 0.1) is 5.56 Å². The van der Waals surface area contributed by atoms with E-state index in [1.165, 1.54) is 6.07 Å². The van der Waals surface area contributed by atoms with Gasteiger partial charge in [0.15, 0.2) is 0 Å². The summed E-state index contributed by atoms with van der Waals surface area (Å²) in [6.07, 6.45) is -1.87. The van der Waals surface area contributed by atoms with E-state index in [4.69, 9.17) is 0 Å². The third-order valence-electron chi connectivity index (χ3n) is 3.04. The number of rotatable bonds is 2. The van der Waals surface area contributed by atoms with E-state index < -0.39 is 11.7 Å². The minimum atomic E-state index is -4.28. The van der Waals surface area contributed by atoms with Crippen LogP contribution in [0.25, 0.3) is 0 Å². The molecule has 1 heterocycles. The van der Waals surface area contributed by atoms with E-state index in [9.17, 15) is 13.2 Å². The lowest BCUT2D eigenvalue weighted by Gasteiger charge is -2.17. The van der Waals surface area contributed by atoms with E-state index >= 15 is 0 Å². The highest BCUT2D eigenvalue weighted by molar-refractivity contribution is 9.10. The molecular formula is C12H13BrF3N. The van der Waals surface area contributed by atoms with Crippen molar-refractivity contribution in [1.29, 1.82) is 0 Å². The number of halogens is 4. The first-order valence-corrected chi connectivity index (χ1v) is 6.36. The number of alkyl halides is 3. The van der Waals surface area contributed by atoms with Crippen LogP contribution in [0.3, 0.4) is 0 Å². The highest BCUT2D eigenvalue weighted by Crippen LogP contribution is 2.36. The average molecular weight is 308 g/mol. The lowest BCUT2D eigenvalue weighted by molar-refractivity contribution is -0.138. The van der Waals surface area contributed by atoms with Gasteiger partial charge in [0.25, 0.3) is 0 Å². The van der Waals surface area contributed by atoms with Crippen molar-refractivity contribution in [3.8, 4) is 0 Å². The van der Waals surface area contributed by atoms with Crippen LogP contribution in [0.5, 0.6) is 0 Å². The number of hydrogen-bond acceptors (Lipinski definition) is 1. The van der Waals surface area contributed by atoms with Gasteiger partial charge in [0.2, 0.25) is 0 Å². The lowest BCUT2D eigenvalue weighted by atomic mass is 9.99. The van der Waals surface area contributed by atoms with Crippen LogP contribution in [0.15, 0.2) is 22.7 Å². The predicted octanol–water partition coefficient (Wildman–Crippen LogP) is 3.76. The molecule has 0 bridgehead atoms. The van der Waals surface area contributed by atoms with Gasteiger partial charge >= 0.3 is 6.18 Å². The molecule has 0 aromatic heterocycles. The second-order valence-corrected chi connectivity index (χ2v) is 5.12. The van der Waals surface area contributed by atoms with Gasteiger partial charge in [-0.05, 0) is 43.5 Å². The predicted molar refractivity (Wildman–Crippen MR) is 63.9 cm³/mol. The first kappa shape index (κ1) is 12.9. The van der Waals surface area contributed by atoms with Gasteiger partial charge in [0, 0.05) is 10.5 Å². The molecule has 1 aliphatic heterocycles. The van der Waals surface area contributed by atoms with Crippen molar-refractivity contribution in [1.82, 2.24) is 5.32 Å². The van der Waals surface area contributed by atoms with E-state index in [-0.39, 0.29) is 6.04 Å². The van der Waals surface area contributed by atoms with Crippen molar-refractivity contribution in [3.05, 3.63) is 33.8 Å². The molecule has 1 fully saturated rings. The van der Waals surface area contributed by atoms with Gasteiger partial charge in [-0.1, -0.05) is 22.0 Å². The molecule has 1 unspecified atom stereocenters. The van der Waals surface area contributed by atoms with Crippen LogP contribution in [0.2, 0.25) is 0 Å². The third kappa shape index (κ3) is 3.01. The second kappa shape index (κ2) is 4.98. The van der Waals surface area contributed by atoms with Crippen LogP contribution >= 0.6 is 15.9 Å². The summed E-state index contributed by atoms with van der Waals surface area (Å²) < 4.78 is 39.1. The van der Waals surface area contributed by atoms with Crippen molar-refractivity contribution in [2.24, 2.45) is 0 Å². The monoisotopic (exact) mass is 307 g/mol. The first-order chi connectivity index (χ1) is 7.98. The Hall–Kier alpha value is -0.550. The molecule has 5 heteroatoms. The molecule has 1 N–H and O–H groups in total. The van der Waals surface area contributed by atoms with Crippen molar-refractivity contribution in [2.45, 2.75) is 31.5 Å². The van der Waals surface area contributed by atoms with Gasteiger partial charge in [-0.2, -0.15) is 13.2 Å². The maximum absolute atomic E-state index is 12.9. The van der Waals surface area contributed by atoms with E-state index in [0.717, 1.165) is 25.5 Å². The SMILES string of the molecule is FC(F)(F)c1cccc(Br)c1CC1CCCN1. The van der Waals surface area contributed by atoms with Crippen LogP contribution < -0.4 is 5.32 Å². The topological polar surface area (TPSA) is 12.0 Å². The molecule has 0 saturated carbocycles. The van der Waals surface area contributed by atoms with Crippen LogP contribution in [0.1, 0.15) is 24.0 Å². The molecule has 0 aliphatic carbocycles. The van der Waals surface area contributed by atoms with Gasteiger partial charge in [-0.15, -0.1) is 0 Å². The Labute approximate surface area is 107 Å². The fourth-order valence-electron chi connectivity index (χ4n) is 2.21. The summed E-state index contributed by atoms with van der Waals surface area (Å²) >= 11 is 3.22. The maximum Gasteiger partial charge on any atom is 0.416 e. The Kier molecular flexibility index (Phi) is 3.78. The van der Waals surface area contributed by atoms with Gasteiger partial charge in [-0.25, -0.2) is 0 Å². The summed E-state index contributed by atoms with van der Waals surface area (Å²) in [5, 5.41) is 3.22. The van der Waals surface area contributed by atoms with Crippen molar-refractivity contribution < 1.29 is 13.2 Å². The first-order valence-electron chi connectivity index (χ1n) is 5.56. The number of nitrogens with one attached hydrogen (secondary N) is 1. The van der Waals surface area contributed by atoms with Gasteiger partial charge in [-0.3, -0.25) is 0 Å². The van der Waals surface area contributed by atoms with Crippen LogP contribution in [-0.4, -0.2) is 12.6 Å². The molecule has 1 aromatic carbocycles. The molecule has 0 spiro atoms. The Balaban J connectivity index is 2.30. The quantitative estimate of drug-likeness (QED) is 0.877. The molecule has 0 amide bonds. The zero-order valence-corrected chi connectivity index (χ0v) is 10.7. The fourth-order valence-corrected chi connectivity index (χ4v) is 2.74. The number of benzene rings is 1. The van der Waals surface area contributed by atoms with Crippen molar-refractivity contribution in [3.63, 3.8) is 0 Å². The van der Waals surface area contributed by atoms with Crippen molar-refractivity contribution >= 4 is 15.9 Å². The summed E-state index contributed by atoms with van der Waals surface area (Å²) in [6.45, 7) is 0.899. The molecule has 1 aromatic rings. The lowest BCUT2D eigenvalue weighted by Crippen LogP contribution is -2.25. The van der Waals surface area contributed by atoms with E-state index in [1.54, 1.807) is 6.07 Å². The Morgan fingerprint density at radius 3 is 2.71 bits per heavy atom. The molecule has 0 radical (unpaired) electrons. The average Bonchev–Trinajstić information content (AvgIpc) is 2.72. The minimum absolute atomic E-state index is 0.162. The highest BCUT2D eigenvalue weighted by Gasteiger charge is 2.34. The molecular weight excluding hydrogens is 295 g/mol. The maximum atomic E-state index is 12.9. The largest absolute Gasteiger partial charge is 0.416 e. The molecule has 17 heavy (non-hydrogen) atoms. The van der Waals surface area contributed by atoms with E-state index in [0.29, 0.717) is 16.5 Å². The Bertz CT molecular complexity index is 397. The normalized spacial score (nSPS) is 20.8. The smallest absolute Gasteiger partial charge is 0.314 e. The Morgan fingerprint density at radius 2 is 2.12 bits per heavy atom. The summed E-state index contributed by atoms with van der Waals surface area (Å²) in [5.41, 5.74) is -0.167. The summed E-state index contributed by atoms with van der Waals surface area (Å²) in [4.78, 5) is 0. The molecule has 1 atom stereocenters. The summed E-state index contributed by atoms with van der Waals surface area (Å²) in [7, 11) is 0. The fraction of sp³-hybridized carbons (Fsp3) is 0.500. The zero-order chi connectivity index (χ0) is 12.5. The Morgan fingerprint density at radius 1 is 1.35 bits per heavy atom. The number of hydrogen-bond donors (Lipinski definition) is 1. The zero-order valence-electron chi connectivity index (χ0n) is 9.15. The molecule has 1 saturated heterocycles. The summed E-state index contributed by atoms with van der Waals surface area (Å²) in [6, 6.07) is 4.40.